The topological polar surface area (TPSA) is 70.4 Å². The summed E-state index contributed by atoms with van der Waals surface area (Å²) in [6.07, 6.45) is -0.129. The van der Waals surface area contributed by atoms with Gasteiger partial charge in [0.1, 0.15) is 0 Å². The van der Waals surface area contributed by atoms with Crippen molar-refractivity contribution in [2.45, 2.75) is 17.2 Å². The lowest BCUT2D eigenvalue weighted by Crippen LogP contribution is -2.51. The molecule has 4 rings (SSSR count). The Balaban J connectivity index is 1.52. The molecule has 1 amide bonds. The van der Waals surface area contributed by atoms with Crippen LogP contribution in [0.1, 0.15) is 10.4 Å². The van der Waals surface area contributed by atoms with Gasteiger partial charge >= 0.3 is 0 Å². The van der Waals surface area contributed by atoms with Gasteiger partial charge in [-0.05, 0) is 24.3 Å². The Kier molecular flexibility index (Phi) is 3.63. The summed E-state index contributed by atoms with van der Waals surface area (Å²) in [6.45, 7) is 0.775. The summed E-state index contributed by atoms with van der Waals surface area (Å²) in [4.78, 5) is 15.8. The van der Waals surface area contributed by atoms with E-state index in [-0.39, 0.29) is 18.2 Å². The quantitative estimate of drug-likeness (QED) is 0.596. The molecule has 0 aromatic heterocycles. The molecule has 0 radical (unpaired) electrons. The molecule has 2 aromatic rings. The second-order valence-electron chi connectivity index (χ2n) is 5.72. The number of hydrogen-bond donors (Lipinski definition) is 3. The van der Waals surface area contributed by atoms with Crippen molar-refractivity contribution in [3.8, 4) is 0 Å². The molecule has 0 aliphatic carbocycles. The van der Waals surface area contributed by atoms with E-state index in [2.05, 4.69) is 10.6 Å². The molecule has 2 aromatic carbocycles. The zero-order valence-electron chi connectivity index (χ0n) is 12.5. The molecule has 0 bridgehead atoms. The van der Waals surface area contributed by atoms with Crippen LogP contribution in [0.2, 0.25) is 0 Å². The van der Waals surface area contributed by atoms with Crippen molar-refractivity contribution in [2.75, 3.05) is 23.3 Å². The van der Waals surface area contributed by atoms with Gasteiger partial charge in [0.25, 0.3) is 5.91 Å². The number of anilines is 2. The predicted molar refractivity (Wildman–Crippen MR) is 93.4 cm³/mol. The molecule has 4 N–H and O–H groups in total. The molecular weight excluding hydrogens is 308 g/mol. The Morgan fingerprint density at radius 3 is 2.83 bits per heavy atom. The third-order valence-corrected chi connectivity index (χ3v) is 5.49. The van der Waals surface area contributed by atoms with Crippen LogP contribution in [-0.2, 0) is 0 Å². The van der Waals surface area contributed by atoms with Crippen molar-refractivity contribution in [3.05, 3.63) is 54.1 Å². The third-order valence-electron chi connectivity index (χ3n) is 4.25. The summed E-state index contributed by atoms with van der Waals surface area (Å²) < 4.78 is 0. The highest BCUT2D eigenvalue weighted by Gasteiger charge is 2.40. The lowest BCUT2D eigenvalue weighted by atomic mass is 10.1. The van der Waals surface area contributed by atoms with Crippen LogP contribution < -0.4 is 16.4 Å². The van der Waals surface area contributed by atoms with Crippen molar-refractivity contribution >= 4 is 29.0 Å². The number of para-hydroxylation sites is 2. The zero-order chi connectivity index (χ0) is 15.8. The molecule has 2 aliphatic rings. The Morgan fingerprint density at radius 1 is 1.17 bits per heavy atom. The van der Waals surface area contributed by atoms with Gasteiger partial charge < -0.3 is 16.0 Å². The average molecular weight is 326 g/mol. The first-order chi connectivity index (χ1) is 11.2. The number of nitrogen functional groups attached to an aromatic ring is 1. The summed E-state index contributed by atoms with van der Waals surface area (Å²) in [5.41, 5.74) is 8.42. The van der Waals surface area contributed by atoms with Crippen LogP contribution in [0.25, 0.3) is 0 Å². The molecule has 0 saturated carbocycles. The van der Waals surface area contributed by atoms with Gasteiger partial charge in [-0.1, -0.05) is 24.3 Å². The number of hydrogen-bond acceptors (Lipinski definition) is 5. The lowest BCUT2D eigenvalue weighted by Gasteiger charge is -2.35. The number of rotatable bonds is 3. The van der Waals surface area contributed by atoms with E-state index in [0.717, 1.165) is 34.1 Å². The summed E-state index contributed by atoms with van der Waals surface area (Å²) in [5, 5.41) is 6.77. The van der Waals surface area contributed by atoms with E-state index in [0.29, 0.717) is 0 Å². The van der Waals surface area contributed by atoms with Crippen molar-refractivity contribution in [3.63, 3.8) is 0 Å². The number of benzene rings is 2. The summed E-state index contributed by atoms with van der Waals surface area (Å²) in [6, 6.07) is 15.6. The molecule has 1 saturated heterocycles. The number of fused-ring (bicyclic) bond motifs is 2. The third kappa shape index (κ3) is 2.54. The van der Waals surface area contributed by atoms with Crippen molar-refractivity contribution in [2.24, 2.45) is 0 Å². The standard InChI is InChI=1S/C17H18N4OS/c18-13-6-2-4-8-15(13)23-10-11-9-19-17-20-14-7-3-1-5-12(14)16(22)21(11)17/h1-8,11,17,19-20H,9-10,18H2/t11-,17-/m1/s1. The predicted octanol–water partition coefficient (Wildman–Crippen LogP) is 2.18. The average Bonchev–Trinajstić information content (AvgIpc) is 2.98. The minimum absolute atomic E-state index is 0.0842. The minimum atomic E-state index is -0.129. The molecule has 0 unspecified atom stereocenters. The molecule has 6 heteroatoms. The Hall–Kier alpha value is -2.18. The van der Waals surface area contributed by atoms with Crippen LogP contribution in [0.5, 0.6) is 0 Å². The monoisotopic (exact) mass is 326 g/mol. The Labute approximate surface area is 139 Å². The largest absolute Gasteiger partial charge is 0.398 e. The molecular formula is C17H18N4OS. The number of carbonyl (C=O) groups excluding carboxylic acids is 1. The van der Waals surface area contributed by atoms with Crippen LogP contribution in [0, 0.1) is 0 Å². The second kappa shape index (κ2) is 5.79. The maximum absolute atomic E-state index is 12.8. The maximum atomic E-state index is 12.8. The Bertz CT molecular complexity index is 751. The summed E-state index contributed by atoms with van der Waals surface area (Å²) in [7, 11) is 0. The fraction of sp³-hybridized carbons (Fsp3) is 0.235. The van der Waals surface area contributed by atoms with E-state index in [4.69, 9.17) is 5.73 Å². The fourth-order valence-corrected chi connectivity index (χ4v) is 4.14. The highest BCUT2D eigenvalue weighted by atomic mass is 32.2. The van der Waals surface area contributed by atoms with Crippen LogP contribution in [0.4, 0.5) is 11.4 Å². The first kappa shape index (κ1) is 14.4. The molecule has 2 heterocycles. The summed E-state index contributed by atoms with van der Waals surface area (Å²) in [5.74, 6) is 0.897. The van der Waals surface area contributed by atoms with E-state index < -0.39 is 0 Å². The van der Waals surface area contributed by atoms with E-state index in [1.165, 1.54) is 0 Å². The molecule has 2 atom stereocenters. The highest BCUT2D eigenvalue weighted by molar-refractivity contribution is 7.99. The molecule has 23 heavy (non-hydrogen) atoms. The highest BCUT2D eigenvalue weighted by Crippen LogP contribution is 2.31. The Morgan fingerprint density at radius 2 is 1.96 bits per heavy atom. The van der Waals surface area contributed by atoms with Crippen molar-refractivity contribution < 1.29 is 4.79 Å². The molecule has 5 nitrogen and oxygen atoms in total. The lowest BCUT2D eigenvalue weighted by molar-refractivity contribution is 0.0684. The minimum Gasteiger partial charge on any atom is -0.398 e. The van der Waals surface area contributed by atoms with Crippen LogP contribution in [0.15, 0.2) is 53.4 Å². The van der Waals surface area contributed by atoms with Gasteiger partial charge in [-0.3, -0.25) is 10.1 Å². The zero-order valence-corrected chi connectivity index (χ0v) is 13.3. The second-order valence-corrected chi connectivity index (χ2v) is 6.78. The van der Waals surface area contributed by atoms with Crippen LogP contribution in [0.3, 0.4) is 0 Å². The number of nitrogens with two attached hydrogens (primary N) is 1. The van der Waals surface area contributed by atoms with Gasteiger partial charge in [0.05, 0.1) is 11.6 Å². The number of thioether (sulfide) groups is 1. The normalized spacial score (nSPS) is 22.4. The number of carbonyl (C=O) groups is 1. The molecule has 0 spiro atoms. The van der Waals surface area contributed by atoms with Crippen molar-refractivity contribution in [1.82, 2.24) is 10.2 Å². The molecule has 1 fully saturated rings. The number of amides is 1. The first-order valence-electron chi connectivity index (χ1n) is 7.63. The number of nitrogens with zero attached hydrogens (tertiary/aromatic N) is 1. The first-order valence-corrected chi connectivity index (χ1v) is 8.61. The van der Waals surface area contributed by atoms with Gasteiger partial charge in [0, 0.05) is 28.6 Å². The maximum Gasteiger partial charge on any atom is 0.258 e. The van der Waals surface area contributed by atoms with E-state index >= 15 is 0 Å². The summed E-state index contributed by atoms with van der Waals surface area (Å²) >= 11 is 1.70. The smallest absolute Gasteiger partial charge is 0.258 e. The van der Waals surface area contributed by atoms with Gasteiger partial charge in [0.2, 0.25) is 0 Å². The van der Waals surface area contributed by atoms with E-state index in [1.807, 2.05) is 53.4 Å². The van der Waals surface area contributed by atoms with Gasteiger partial charge in [-0.2, -0.15) is 0 Å². The number of nitrogens with one attached hydrogen (secondary N) is 2. The SMILES string of the molecule is Nc1ccccc1SC[C@H]1CN[C@@H]2Nc3ccccc3C(=O)N12. The fourth-order valence-electron chi connectivity index (χ4n) is 3.08. The molecule has 2 aliphatic heterocycles. The van der Waals surface area contributed by atoms with Gasteiger partial charge in [0.15, 0.2) is 6.29 Å². The van der Waals surface area contributed by atoms with E-state index in [9.17, 15) is 4.79 Å². The van der Waals surface area contributed by atoms with E-state index in [1.54, 1.807) is 11.8 Å². The van der Waals surface area contributed by atoms with Gasteiger partial charge in [-0.25, -0.2) is 0 Å². The van der Waals surface area contributed by atoms with Crippen LogP contribution in [-0.4, -0.2) is 35.4 Å². The molecule has 118 valence electrons. The van der Waals surface area contributed by atoms with Crippen molar-refractivity contribution in [1.29, 1.82) is 0 Å². The van der Waals surface area contributed by atoms with Gasteiger partial charge in [-0.15, -0.1) is 11.8 Å². The van der Waals surface area contributed by atoms with Crippen LogP contribution >= 0.6 is 11.8 Å².